The van der Waals surface area contributed by atoms with Crippen LogP contribution in [0.3, 0.4) is 0 Å². The highest BCUT2D eigenvalue weighted by atomic mass is 16.2. The minimum Gasteiger partial charge on any atom is -0.355 e. The molecule has 0 spiro atoms. The van der Waals surface area contributed by atoms with Crippen LogP contribution in [0.15, 0.2) is 48.7 Å². The Balaban J connectivity index is 1.63. The Hall–Kier alpha value is -2.79. The summed E-state index contributed by atoms with van der Waals surface area (Å²) >= 11 is 0. The fraction of sp³-hybridized carbons (Fsp3) is 0.286. The van der Waals surface area contributed by atoms with E-state index in [0.29, 0.717) is 6.54 Å². The van der Waals surface area contributed by atoms with Gasteiger partial charge in [-0.1, -0.05) is 23.8 Å². The molecular formula is C21H22N4O. The molecule has 132 valence electrons. The summed E-state index contributed by atoms with van der Waals surface area (Å²) in [5, 5.41) is 2.93. The SMILES string of the molecule is Cc1cc(CN2CCCNC(=O)C2)cc(-c2cnc3ccccc3n2)c1. The van der Waals surface area contributed by atoms with Gasteiger partial charge in [-0.3, -0.25) is 14.7 Å². The lowest BCUT2D eigenvalue weighted by atomic mass is 10.0. The maximum atomic E-state index is 11.8. The summed E-state index contributed by atoms with van der Waals surface area (Å²) in [7, 11) is 0. The van der Waals surface area contributed by atoms with E-state index in [1.54, 1.807) is 0 Å². The van der Waals surface area contributed by atoms with Crippen molar-refractivity contribution in [2.75, 3.05) is 19.6 Å². The van der Waals surface area contributed by atoms with Gasteiger partial charge in [0.05, 0.1) is 29.5 Å². The maximum Gasteiger partial charge on any atom is 0.234 e. The van der Waals surface area contributed by atoms with Crippen LogP contribution < -0.4 is 5.32 Å². The molecule has 0 atom stereocenters. The maximum absolute atomic E-state index is 11.8. The van der Waals surface area contributed by atoms with Gasteiger partial charge in [0.1, 0.15) is 0 Å². The Labute approximate surface area is 153 Å². The van der Waals surface area contributed by atoms with Crippen molar-refractivity contribution >= 4 is 16.9 Å². The van der Waals surface area contributed by atoms with Crippen LogP contribution in [0.5, 0.6) is 0 Å². The minimum absolute atomic E-state index is 0.107. The van der Waals surface area contributed by atoms with E-state index in [4.69, 9.17) is 4.98 Å². The molecule has 1 fully saturated rings. The molecule has 3 aromatic rings. The number of para-hydroxylation sites is 2. The lowest BCUT2D eigenvalue weighted by Crippen LogP contribution is -2.32. The van der Waals surface area contributed by atoms with E-state index < -0.39 is 0 Å². The molecule has 0 unspecified atom stereocenters. The number of rotatable bonds is 3. The molecule has 0 bridgehead atoms. The molecule has 5 heteroatoms. The molecule has 1 amide bonds. The second-order valence-corrected chi connectivity index (χ2v) is 6.87. The number of amides is 1. The largest absolute Gasteiger partial charge is 0.355 e. The third-order valence-electron chi connectivity index (χ3n) is 4.63. The van der Waals surface area contributed by atoms with E-state index in [1.807, 2.05) is 30.5 Å². The standard InChI is InChI=1S/C21H22N4O/c1-15-9-16(13-25-8-4-7-22-21(26)14-25)11-17(10-15)20-12-23-18-5-2-3-6-19(18)24-20/h2-3,5-6,9-12H,4,7-8,13-14H2,1H3,(H,22,26). The molecule has 26 heavy (non-hydrogen) atoms. The summed E-state index contributed by atoms with van der Waals surface area (Å²) in [4.78, 5) is 23.3. The lowest BCUT2D eigenvalue weighted by molar-refractivity contribution is -0.121. The summed E-state index contributed by atoms with van der Waals surface area (Å²) in [6, 6.07) is 14.4. The normalized spacial score (nSPS) is 15.7. The summed E-state index contributed by atoms with van der Waals surface area (Å²) < 4.78 is 0. The van der Waals surface area contributed by atoms with Crippen molar-refractivity contribution in [3.63, 3.8) is 0 Å². The first kappa shape index (κ1) is 16.7. The second kappa shape index (κ2) is 7.22. The summed E-state index contributed by atoms with van der Waals surface area (Å²) in [6.07, 6.45) is 2.82. The molecule has 1 N–H and O–H groups in total. The Kier molecular flexibility index (Phi) is 4.63. The van der Waals surface area contributed by atoms with Crippen LogP contribution in [0.25, 0.3) is 22.3 Å². The Morgan fingerprint density at radius 1 is 1.15 bits per heavy atom. The molecule has 1 aliphatic heterocycles. The van der Waals surface area contributed by atoms with Crippen LogP contribution in [-0.2, 0) is 11.3 Å². The molecule has 4 rings (SSSR count). The lowest BCUT2D eigenvalue weighted by Gasteiger charge is -2.19. The topological polar surface area (TPSA) is 58.1 Å². The molecule has 1 aliphatic rings. The van der Waals surface area contributed by atoms with Gasteiger partial charge in [-0.25, -0.2) is 4.98 Å². The number of aromatic nitrogens is 2. The van der Waals surface area contributed by atoms with Crippen LogP contribution in [0.1, 0.15) is 17.5 Å². The van der Waals surface area contributed by atoms with Crippen molar-refractivity contribution in [3.05, 3.63) is 59.8 Å². The number of carbonyl (C=O) groups is 1. The molecule has 2 aromatic carbocycles. The summed E-state index contributed by atoms with van der Waals surface area (Å²) in [5.41, 5.74) is 6.13. The van der Waals surface area contributed by atoms with Crippen molar-refractivity contribution in [1.29, 1.82) is 0 Å². The number of aryl methyl sites for hydroxylation is 1. The van der Waals surface area contributed by atoms with E-state index in [2.05, 4.69) is 40.3 Å². The molecule has 1 saturated heterocycles. The van der Waals surface area contributed by atoms with E-state index in [9.17, 15) is 4.79 Å². The second-order valence-electron chi connectivity index (χ2n) is 6.87. The number of benzene rings is 2. The molecular weight excluding hydrogens is 324 g/mol. The highest BCUT2D eigenvalue weighted by Crippen LogP contribution is 2.23. The Morgan fingerprint density at radius 3 is 2.88 bits per heavy atom. The van der Waals surface area contributed by atoms with Gasteiger partial charge in [-0.2, -0.15) is 0 Å². The first-order valence-electron chi connectivity index (χ1n) is 8.99. The fourth-order valence-electron chi connectivity index (χ4n) is 3.46. The van der Waals surface area contributed by atoms with Gasteiger partial charge in [-0.15, -0.1) is 0 Å². The average molecular weight is 346 g/mol. The van der Waals surface area contributed by atoms with Crippen LogP contribution in [0.2, 0.25) is 0 Å². The van der Waals surface area contributed by atoms with Crippen molar-refractivity contribution in [2.45, 2.75) is 19.9 Å². The zero-order chi connectivity index (χ0) is 17.9. The van der Waals surface area contributed by atoms with Gasteiger partial charge < -0.3 is 5.32 Å². The van der Waals surface area contributed by atoms with E-state index in [0.717, 1.165) is 48.3 Å². The van der Waals surface area contributed by atoms with Crippen molar-refractivity contribution in [3.8, 4) is 11.3 Å². The quantitative estimate of drug-likeness (QED) is 0.792. The molecule has 0 radical (unpaired) electrons. The van der Waals surface area contributed by atoms with Crippen LogP contribution in [0.4, 0.5) is 0 Å². The molecule has 1 aromatic heterocycles. The van der Waals surface area contributed by atoms with Gasteiger partial charge in [0.2, 0.25) is 5.91 Å². The fourth-order valence-corrected chi connectivity index (χ4v) is 3.46. The summed E-state index contributed by atoms with van der Waals surface area (Å²) in [5.74, 6) is 0.107. The van der Waals surface area contributed by atoms with Gasteiger partial charge in [0.15, 0.2) is 0 Å². The smallest absolute Gasteiger partial charge is 0.234 e. The third-order valence-corrected chi connectivity index (χ3v) is 4.63. The van der Waals surface area contributed by atoms with Crippen LogP contribution in [0, 0.1) is 6.92 Å². The highest BCUT2D eigenvalue weighted by molar-refractivity contribution is 5.78. The monoisotopic (exact) mass is 346 g/mol. The number of fused-ring (bicyclic) bond motifs is 1. The van der Waals surface area contributed by atoms with Crippen molar-refractivity contribution in [2.24, 2.45) is 0 Å². The van der Waals surface area contributed by atoms with Crippen molar-refractivity contribution in [1.82, 2.24) is 20.2 Å². The van der Waals surface area contributed by atoms with E-state index in [1.165, 1.54) is 11.1 Å². The number of nitrogens with zero attached hydrogens (tertiary/aromatic N) is 3. The molecule has 2 heterocycles. The highest BCUT2D eigenvalue weighted by Gasteiger charge is 2.15. The minimum atomic E-state index is 0.107. The summed E-state index contributed by atoms with van der Waals surface area (Å²) in [6.45, 7) is 5.01. The predicted molar refractivity (Wildman–Crippen MR) is 103 cm³/mol. The van der Waals surface area contributed by atoms with Gasteiger partial charge >= 0.3 is 0 Å². The number of carbonyl (C=O) groups excluding carboxylic acids is 1. The molecule has 0 saturated carbocycles. The van der Waals surface area contributed by atoms with Gasteiger partial charge in [0, 0.05) is 25.2 Å². The molecule has 5 nitrogen and oxygen atoms in total. The average Bonchev–Trinajstić information content (AvgIpc) is 2.84. The van der Waals surface area contributed by atoms with Crippen molar-refractivity contribution < 1.29 is 4.79 Å². The number of hydrogen-bond donors (Lipinski definition) is 1. The Morgan fingerprint density at radius 2 is 2.00 bits per heavy atom. The van der Waals surface area contributed by atoms with E-state index >= 15 is 0 Å². The van der Waals surface area contributed by atoms with Gasteiger partial charge in [-0.05, 0) is 43.2 Å². The van der Waals surface area contributed by atoms with Crippen LogP contribution >= 0.6 is 0 Å². The number of nitrogens with one attached hydrogen (secondary N) is 1. The Bertz CT molecular complexity index is 954. The third kappa shape index (κ3) is 3.73. The van der Waals surface area contributed by atoms with E-state index in [-0.39, 0.29) is 5.91 Å². The number of hydrogen-bond acceptors (Lipinski definition) is 4. The zero-order valence-corrected chi connectivity index (χ0v) is 14.9. The zero-order valence-electron chi connectivity index (χ0n) is 14.9. The first-order valence-corrected chi connectivity index (χ1v) is 8.99. The predicted octanol–water partition coefficient (Wildman–Crippen LogP) is 2.93. The molecule has 0 aliphatic carbocycles. The van der Waals surface area contributed by atoms with Crippen LogP contribution in [-0.4, -0.2) is 40.4 Å². The van der Waals surface area contributed by atoms with Gasteiger partial charge in [0.25, 0.3) is 0 Å². The first-order chi connectivity index (χ1) is 12.7.